The van der Waals surface area contributed by atoms with Crippen molar-refractivity contribution >= 4 is 21.4 Å². The third-order valence-corrected chi connectivity index (χ3v) is 3.50. The molecular weight excluding hydrogens is 262 g/mol. The molecule has 0 spiro atoms. The largest absolute Gasteiger partial charge is 0.492 e. The van der Waals surface area contributed by atoms with E-state index < -0.39 is 9.84 Å². The lowest BCUT2D eigenvalue weighted by Crippen LogP contribution is -2.09. The Morgan fingerprint density at radius 2 is 2.12 bits per heavy atom. The molecule has 1 aromatic carbocycles. The van der Waals surface area contributed by atoms with Crippen LogP contribution in [0, 0.1) is 0 Å². The molecule has 2 N–H and O–H groups in total. The van der Waals surface area contributed by atoms with Crippen LogP contribution in [0.15, 0.2) is 18.2 Å². The summed E-state index contributed by atoms with van der Waals surface area (Å²) in [4.78, 5) is 0. The van der Waals surface area contributed by atoms with Gasteiger partial charge in [0.15, 0.2) is 0 Å². The molecule has 0 aliphatic carbocycles. The molecule has 17 heavy (non-hydrogen) atoms. The average molecular weight is 278 g/mol. The van der Waals surface area contributed by atoms with Crippen molar-refractivity contribution in [3.63, 3.8) is 0 Å². The first-order chi connectivity index (χ1) is 7.94. The van der Waals surface area contributed by atoms with E-state index in [1.807, 2.05) is 6.07 Å². The molecular formula is C11H16ClNO3S. The Bertz CT molecular complexity index is 474. The van der Waals surface area contributed by atoms with Gasteiger partial charge in [-0.15, -0.1) is 0 Å². The summed E-state index contributed by atoms with van der Waals surface area (Å²) >= 11 is 5.98. The highest BCUT2D eigenvalue weighted by Crippen LogP contribution is 2.28. The van der Waals surface area contributed by atoms with Crippen molar-refractivity contribution in [3.8, 4) is 5.75 Å². The summed E-state index contributed by atoms with van der Waals surface area (Å²) in [6, 6.07) is 5.35. The van der Waals surface area contributed by atoms with Crippen molar-refractivity contribution in [1.82, 2.24) is 0 Å². The Morgan fingerprint density at radius 3 is 2.71 bits per heavy atom. The standard InChI is InChI=1S/C11H16ClNO3S/c1-17(14,15)7-3-6-16-11-9(8-13)4-2-5-10(11)12/h2,4-5H,3,6-8,13H2,1H3. The lowest BCUT2D eigenvalue weighted by Gasteiger charge is -2.11. The summed E-state index contributed by atoms with van der Waals surface area (Å²) < 4.78 is 27.3. The summed E-state index contributed by atoms with van der Waals surface area (Å²) in [7, 11) is -2.94. The van der Waals surface area contributed by atoms with Crippen LogP contribution in [0.2, 0.25) is 5.02 Å². The number of para-hydroxylation sites is 1. The molecule has 4 nitrogen and oxygen atoms in total. The van der Waals surface area contributed by atoms with Gasteiger partial charge in [-0.3, -0.25) is 0 Å². The summed E-state index contributed by atoms with van der Waals surface area (Å²) in [6.45, 7) is 0.645. The maximum Gasteiger partial charge on any atom is 0.147 e. The SMILES string of the molecule is CS(=O)(=O)CCCOc1c(Cl)cccc1CN. The van der Waals surface area contributed by atoms with Gasteiger partial charge in [-0.05, 0) is 12.5 Å². The Kier molecular flexibility index (Phi) is 5.24. The minimum atomic E-state index is -2.94. The van der Waals surface area contributed by atoms with Crippen molar-refractivity contribution in [3.05, 3.63) is 28.8 Å². The smallest absolute Gasteiger partial charge is 0.147 e. The van der Waals surface area contributed by atoms with Gasteiger partial charge in [0.25, 0.3) is 0 Å². The number of nitrogens with two attached hydrogens (primary N) is 1. The maximum atomic E-state index is 10.9. The van der Waals surface area contributed by atoms with E-state index in [2.05, 4.69) is 0 Å². The minimum absolute atomic E-state index is 0.107. The fraction of sp³-hybridized carbons (Fsp3) is 0.455. The normalized spacial score (nSPS) is 11.5. The van der Waals surface area contributed by atoms with Gasteiger partial charge in [-0.2, -0.15) is 0 Å². The number of hydrogen-bond donors (Lipinski definition) is 1. The fourth-order valence-electron chi connectivity index (χ4n) is 1.37. The van der Waals surface area contributed by atoms with Gasteiger partial charge in [-0.25, -0.2) is 8.42 Å². The molecule has 0 fully saturated rings. The van der Waals surface area contributed by atoms with E-state index in [-0.39, 0.29) is 5.75 Å². The molecule has 0 aliphatic heterocycles. The summed E-state index contributed by atoms with van der Waals surface area (Å²) in [5.74, 6) is 0.653. The Labute approximate surface area is 107 Å². The van der Waals surface area contributed by atoms with Crippen molar-refractivity contribution in [2.45, 2.75) is 13.0 Å². The number of ether oxygens (including phenoxy) is 1. The zero-order valence-electron chi connectivity index (χ0n) is 9.65. The van der Waals surface area contributed by atoms with Crippen LogP contribution in [0.5, 0.6) is 5.75 Å². The zero-order chi connectivity index (χ0) is 12.9. The molecule has 0 radical (unpaired) electrons. The van der Waals surface area contributed by atoms with Gasteiger partial charge < -0.3 is 10.5 Å². The molecule has 1 aromatic rings. The van der Waals surface area contributed by atoms with Gasteiger partial charge in [0.1, 0.15) is 15.6 Å². The second-order valence-electron chi connectivity index (χ2n) is 3.76. The van der Waals surface area contributed by atoms with Crippen LogP contribution in [0.25, 0.3) is 0 Å². The number of rotatable bonds is 6. The lowest BCUT2D eigenvalue weighted by atomic mass is 10.2. The molecule has 0 bridgehead atoms. The van der Waals surface area contributed by atoms with Crippen molar-refractivity contribution < 1.29 is 13.2 Å². The summed E-state index contributed by atoms with van der Waals surface area (Å²) in [6.07, 6.45) is 1.64. The van der Waals surface area contributed by atoms with Crippen LogP contribution in [0.4, 0.5) is 0 Å². The predicted octanol–water partition coefficient (Wildman–Crippen LogP) is 1.61. The Hall–Kier alpha value is -0.780. The van der Waals surface area contributed by atoms with Crippen LogP contribution in [0.1, 0.15) is 12.0 Å². The van der Waals surface area contributed by atoms with E-state index in [0.717, 1.165) is 5.56 Å². The highest BCUT2D eigenvalue weighted by molar-refractivity contribution is 7.90. The molecule has 6 heteroatoms. The van der Waals surface area contributed by atoms with Crippen molar-refractivity contribution in [1.29, 1.82) is 0 Å². The number of benzene rings is 1. The number of sulfone groups is 1. The van der Waals surface area contributed by atoms with Crippen molar-refractivity contribution in [2.75, 3.05) is 18.6 Å². The molecule has 1 rings (SSSR count). The highest BCUT2D eigenvalue weighted by Gasteiger charge is 2.08. The van der Waals surface area contributed by atoms with Crippen molar-refractivity contribution in [2.24, 2.45) is 5.73 Å². The van der Waals surface area contributed by atoms with Gasteiger partial charge >= 0.3 is 0 Å². The first-order valence-corrected chi connectivity index (χ1v) is 7.66. The van der Waals surface area contributed by atoms with Crippen LogP contribution in [0.3, 0.4) is 0 Å². The second-order valence-corrected chi connectivity index (χ2v) is 6.43. The quantitative estimate of drug-likeness (QED) is 0.802. The molecule has 0 atom stereocenters. The highest BCUT2D eigenvalue weighted by atomic mass is 35.5. The van der Waals surface area contributed by atoms with E-state index in [1.165, 1.54) is 6.26 Å². The van der Waals surface area contributed by atoms with E-state index in [9.17, 15) is 8.42 Å². The molecule has 0 aromatic heterocycles. The third kappa shape index (κ3) is 4.93. The van der Waals surface area contributed by atoms with Crippen LogP contribution >= 0.6 is 11.6 Å². The average Bonchev–Trinajstić information content (AvgIpc) is 2.24. The first kappa shape index (κ1) is 14.3. The van der Waals surface area contributed by atoms with Gasteiger partial charge in [-0.1, -0.05) is 23.7 Å². The van der Waals surface area contributed by atoms with Crippen LogP contribution in [-0.4, -0.2) is 27.0 Å². The lowest BCUT2D eigenvalue weighted by molar-refractivity contribution is 0.315. The molecule has 0 saturated carbocycles. The molecule has 0 unspecified atom stereocenters. The molecule has 0 amide bonds. The molecule has 0 saturated heterocycles. The predicted molar refractivity (Wildman–Crippen MR) is 69.2 cm³/mol. The van der Waals surface area contributed by atoms with Gasteiger partial charge in [0.2, 0.25) is 0 Å². The second kappa shape index (κ2) is 6.23. The maximum absolute atomic E-state index is 10.9. The van der Waals surface area contributed by atoms with E-state index in [4.69, 9.17) is 22.1 Å². The van der Waals surface area contributed by atoms with Gasteiger partial charge in [0, 0.05) is 18.4 Å². The number of halogens is 1. The summed E-state index contributed by atoms with van der Waals surface area (Å²) in [5.41, 5.74) is 6.38. The number of hydrogen-bond acceptors (Lipinski definition) is 4. The zero-order valence-corrected chi connectivity index (χ0v) is 11.2. The van der Waals surface area contributed by atoms with E-state index in [1.54, 1.807) is 12.1 Å². The Morgan fingerprint density at radius 1 is 1.41 bits per heavy atom. The molecule has 0 heterocycles. The first-order valence-electron chi connectivity index (χ1n) is 5.22. The summed E-state index contributed by atoms with van der Waals surface area (Å²) in [5, 5.41) is 0.493. The third-order valence-electron chi connectivity index (χ3n) is 2.17. The molecule has 0 aliphatic rings. The van der Waals surface area contributed by atoms with E-state index >= 15 is 0 Å². The topological polar surface area (TPSA) is 69.4 Å². The van der Waals surface area contributed by atoms with E-state index in [0.29, 0.717) is 30.3 Å². The van der Waals surface area contributed by atoms with Crippen LogP contribution < -0.4 is 10.5 Å². The Balaban J connectivity index is 2.57. The monoisotopic (exact) mass is 277 g/mol. The minimum Gasteiger partial charge on any atom is -0.492 e. The molecule has 96 valence electrons. The fourth-order valence-corrected chi connectivity index (χ4v) is 2.26. The van der Waals surface area contributed by atoms with Gasteiger partial charge in [0.05, 0.1) is 17.4 Å². The van der Waals surface area contributed by atoms with Crippen LogP contribution in [-0.2, 0) is 16.4 Å².